The topological polar surface area (TPSA) is 56.7 Å². The number of hydrogen-bond acceptors (Lipinski definition) is 6. The van der Waals surface area contributed by atoms with E-state index in [4.69, 9.17) is 4.52 Å². The summed E-state index contributed by atoms with van der Waals surface area (Å²) in [6.45, 7) is 4.19. The lowest BCUT2D eigenvalue weighted by Crippen LogP contribution is -2.03. The summed E-state index contributed by atoms with van der Waals surface area (Å²) in [7, 11) is 0. The molecule has 0 amide bonds. The van der Waals surface area contributed by atoms with Crippen LogP contribution in [0.1, 0.15) is 30.3 Å². The number of aromatic nitrogens is 4. The highest BCUT2D eigenvalue weighted by molar-refractivity contribution is 8.00. The molecule has 3 aromatic heterocycles. The van der Waals surface area contributed by atoms with Crippen molar-refractivity contribution in [2.75, 3.05) is 0 Å². The summed E-state index contributed by atoms with van der Waals surface area (Å²) in [5.41, 5.74) is 3.22. The monoisotopic (exact) mass is 318 g/mol. The lowest BCUT2D eigenvalue weighted by atomic mass is 10.3. The molecule has 1 aliphatic rings. The third-order valence-electron chi connectivity index (χ3n) is 3.53. The first-order valence-corrected chi connectivity index (χ1v) is 8.75. The van der Waals surface area contributed by atoms with E-state index in [0.717, 1.165) is 30.0 Å². The largest absolute Gasteiger partial charge is 0.339 e. The number of imidazole rings is 1. The van der Waals surface area contributed by atoms with Crippen LogP contribution in [0.3, 0.4) is 0 Å². The Balaban J connectivity index is 1.81. The minimum absolute atomic E-state index is 0.593. The van der Waals surface area contributed by atoms with Crippen molar-refractivity contribution in [1.29, 1.82) is 0 Å². The third kappa shape index (κ3) is 2.03. The second-order valence-corrected chi connectivity index (χ2v) is 7.18. The Morgan fingerprint density at radius 3 is 3.00 bits per heavy atom. The van der Waals surface area contributed by atoms with Crippen molar-refractivity contribution in [2.45, 2.75) is 36.7 Å². The molecular weight excluding hydrogens is 304 g/mol. The van der Waals surface area contributed by atoms with Crippen LogP contribution in [0.5, 0.6) is 0 Å². The molecule has 3 aromatic rings. The van der Waals surface area contributed by atoms with E-state index in [1.54, 1.807) is 0 Å². The molecule has 0 aliphatic carbocycles. The van der Waals surface area contributed by atoms with Crippen LogP contribution in [0.2, 0.25) is 0 Å². The minimum Gasteiger partial charge on any atom is -0.339 e. The Morgan fingerprint density at radius 2 is 2.24 bits per heavy atom. The smallest absolute Gasteiger partial charge is 0.226 e. The van der Waals surface area contributed by atoms with Crippen molar-refractivity contribution in [2.24, 2.45) is 0 Å². The fourth-order valence-electron chi connectivity index (χ4n) is 2.39. The summed E-state index contributed by atoms with van der Waals surface area (Å²) in [6, 6.07) is 2.26. The molecule has 0 fully saturated rings. The SMILES string of the molecule is CCc1nc(-c2ncn3c2CSc2sc(CC)cc2-3)no1. The van der Waals surface area contributed by atoms with E-state index in [0.29, 0.717) is 11.7 Å². The first kappa shape index (κ1) is 13.1. The zero-order chi connectivity index (χ0) is 14.4. The maximum Gasteiger partial charge on any atom is 0.226 e. The maximum absolute atomic E-state index is 5.20. The van der Waals surface area contributed by atoms with Crippen LogP contribution in [0, 0.1) is 0 Å². The number of thioether (sulfide) groups is 1. The molecule has 108 valence electrons. The first-order valence-electron chi connectivity index (χ1n) is 6.95. The molecule has 0 atom stereocenters. The molecule has 4 rings (SSSR count). The predicted octanol–water partition coefficient (Wildman–Crippen LogP) is 3.71. The molecule has 0 saturated carbocycles. The number of hydrogen-bond donors (Lipinski definition) is 0. The lowest BCUT2D eigenvalue weighted by molar-refractivity contribution is 0.382. The molecule has 4 heterocycles. The second kappa shape index (κ2) is 4.99. The molecule has 0 saturated heterocycles. The fraction of sp³-hybridized carbons (Fsp3) is 0.357. The normalized spacial score (nSPS) is 13.2. The summed E-state index contributed by atoms with van der Waals surface area (Å²) in [5.74, 6) is 2.14. The van der Waals surface area contributed by atoms with Gasteiger partial charge in [0.2, 0.25) is 11.7 Å². The van der Waals surface area contributed by atoms with Gasteiger partial charge in [-0.15, -0.1) is 23.1 Å². The summed E-state index contributed by atoms with van der Waals surface area (Å²) in [6.07, 6.45) is 3.68. The molecule has 7 heteroatoms. The highest BCUT2D eigenvalue weighted by Crippen LogP contribution is 2.43. The van der Waals surface area contributed by atoms with Gasteiger partial charge >= 0.3 is 0 Å². The zero-order valence-corrected chi connectivity index (χ0v) is 13.4. The van der Waals surface area contributed by atoms with Gasteiger partial charge in [-0.1, -0.05) is 19.0 Å². The van der Waals surface area contributed by atoms with Gasteiger partial charge in [0.05, 0.1) is 15.6 Å². The van der Waals surface area contributed by atoms with Crippen molar-refractivity contribution >= 4 is 23.1 Å². The van der Waals surface area contributed by atoms with Gasteiger partial charge in [-0.3, -0.25) is 4.57 Å². The van der Waals surface area contributed by atoms with Gasteiger partial charge < -0.3 is 4.52 Å². The summed E-state index contributed by atoms with van der Waals surface area (Å²) in [4.78, 5) is 10.3. The number of thiophene rings is 1. The summed E-state index contributed by atoms with van der Waals surface area (Å²) >= 11 is 3.74. The molecule has 0 spiro atoms. The van der Waals surface area contributed by atoms with Gasteiger partial charge in [-0.05, 0) is 12.5 Å². The standard InChI is InChI=1S/C14H14N4OS2/c1-3-8-5-9-14(21-8)20-6-10-12(15-7-18(9)10)13-16-11(4-2)19-17-13/h5,7H,3-4,6H2,1-2H3. The molecule has 0 aromatic carbocycles. The average molecular weight is 318 g/mol. The van der Waals surface area contributed by atoms with Crippen molar-refractivity contribution in [3.8, 4) is 17.2 Å². The highest BCUT2D eigenvalue weighted by atomic mass is 32.2. The van der Waals surface area contributed by atoms with Gasteiger partial charge in [0, 0.05) is 17.1 Å². The Morgan fingerprint density at radius 1 is 1.33 bits per heavy atom. The van der Waals surface area contributed by atoms with Crippen LogP contribution >= 0.6 is 23.1 Å². The van der Waals surface area contributed by atoms with Crippen molar-refractivity contribution in [3.05, 3.63) is 28.9 Å². The number of aryl methyl sites for hydroxylation is 2. The third-order valence-corrected chi connectivity index (χ3v) is 6.08. The van der Waals surface area contributed by atoms with Gasteiger partial charge in [0.15, 0.2) is 0 Å². The number of rotatable bonds is 3. The lowest BCUT2D eigenvalue weighted by Gasteiger charge is -2.14. The van der Waals surface area contributed by atoms with E-state index >= 15 is 0 Å². The van der Waals surface area contributed by atoms with Gasteiger partial charge in [0.1, 0.15) is 12.0 Å². The van der Waals surface area contributed by atoms with Crippen molar-refractivity contribution in [1.82, 2.24) is 19.7 Å². The van der Waals surface area contributed by atoms with Crippen LogP contribution < -0.4 is 0 Å². The van der Waals surface area contributed by atoms with Crippen LogP contribution in [-0.2, 0) is 18.6 Å². The van der Waals surface area contributed by atoms with Crippen LogP contribution in [-0.4, -0.2) is 19.7 Å². The van der Waals surface area contributed by atoms with Gasteiger partial charge in [0.25, 0.3) is 0 Å². The number of nitrogens with zero attached hydrogens (tertiary/aromatic N) is 4. The first-order chi connectivity index (χ1) is 10.3. The minimum atomic E-state index is 0.593. The van der Waals surface area contributed by atoms with E-state index in [-0.39, 0.29) is 0 Å². The van der Waals surface area contributed by atoms with Gasteiger partial charge in [-0.25, -0.2) is 4.98 Å². The van der Waals surface area contributed by atoms with Crippen LogP contribution in [0.4, 0.5) is 0 Å². The van der Waals surface area contributed by atoms with E-state index in [2.05, 4.69) is 32.7 Å². The van der Waals surface area contributed by atoms with Crippen LogP contribution in [0.15, 0.2) is 21.1 Å². The van der Waals surface area contributed by atoms with Gasteiger partial charge in [-0.2, -0.15) is 4.98 Å². The van der Waals surface area contributed by atoms with Crippen molar-refractivity contribution < 1.29 is 4.52 Å². The second-order valence-electron chi connectivity index (χ2n) is 4.80. The Kier molecular flexibility index (Phi) is 3.11. The molecular formula is C14H14N4OS2. The summed E-state index contributed by atoms with van der Waals surface area (Å²) in [5, 5.41) is 4.05. The average Bonchev–Trinajstić information content (AvgIpc) is 3.22. The molecule has 5 nitrogen and oxygen atoms in total. The predicted molar refractivity (Wildman–Crippen MR) is 83.1 cm³/mol. The summed E-state index contributed by atoms with van der Waals surface area (Å²) < 4.78 is 8.74. The van der Waals surface area contributed by atoms with Crippen molar-refractivity contribution in [3.63, 3.8) is 0 Å². The zero-order valence-electron chi connectivity index (χ0n) is 11.8. The Hall–Kier alpha value is -1.60. The Bertz CT molecular complexity index is 788. The van der Waals surface area contributed by atoms with E-state index < -0.39 is 0 Å². The molecule has 0 radical (unpaired) electrons. The van der Waals surface area contributed by atoms with E-state index in [9.17, 15) is 0 Å². The molecule has 0 unspecified atom stereocenters. The molecule has 1 aliphatic heterocycles. The Labute approximate surface area is 130 Å². The van der Waals surface area contributed by atoms with Crippen LogP contribution in [0.25, 0.3) is 17.2 Å². The molecule has 21 heavy (non-hydrogen) atoms. The molecule has 0 N–H and O–H groups in total. The maximum atomic E-state index is 5.20. The molecule has 0 bridgehead atoms. The van der Waals surface area contributed by atoms with E-state index in [1.807, 2.05) is 36.3 Å². The highest BCUT2D eigenvalue weighted by Gasteiger charge is 2.25. The number of fused-ring (bicyclic) bond motifs is 3. The van der Waals surface area contributed by atoms with E-state index in [1.165, 1.54) is 14.8 Å². The quantitative estimate of drug-likeness (QED) is 0.737. The fourth-order valence-corrected chi connectivity index (χ4v) is 4.79.